The Balaban J connectivity index is 0.000000189. The number of nitrogens with zero attached hydrogens (tertiary/aromatic N) is 15. The van der Waals surface area contributed by atoms with Crippen LogP contribution >= 0.6 is 11.6 Å². The Morgan fingerprint density at radius 3 is 1.77 bits per heavy atom. The molecule has 28 heteroatoms. The normalized spacial score (nSPS) is 13.7. The number of hydrogen-bond donors (Lipinski definition) is 4. The van der Waals surface area contributed by atoms with Crippen molar-refractivity contribution in [2.45, 2.75) is 90.8 Å². The fraction of sp³-hybridized carbons (Fsp3) is 0.370. The van der Waals surface area contributed by atoms with Gasteiger partial charge in [-0.3, -0.25) is 9.59 Å². The Morgan fingerprint density at radius 1 is 0.744 bits per heavy atom. The SMILES string of the molecule is COc1cc2c(cc1C(=O)Nc1cccc(-c3nnnn3[C@H](C)CO)n1)CN(c1ncc(F)cn1)CC2.COc1cc2c(cc1C(=O)Nc1cccc(-c3nnnn3[C@H](C)CO[Si](C)(C)C(C)(C)C)n1)CNCC2.Fc1cnc(Cl)nc1. The van der Waals surface area contributed by atoms with Crippen LogP contribution in [0.3, 0.4) is 0 Å². The minimum Gasteiger partial charge on any atom is -0.496 e. The number of carbonyl (C=O) groups is 2. The Hall–Kier alpha value is -8.37. The minimum atomic E-state index is -1.91. The third kappa shape index (κ3) is 14.6. The molecule has 82 heavy (non-hydrogen) atoms. The van der Waals surface area contributed by atoms with Crippen molar-refractivity contribution in [1.29, 1.82) is 0 Å². The molecule has 24 nitrogen and oxygen atoms in total. The van der Waals surface area contributed by atoms with Crippen LogP contribution in [0.2, 0.25) is 23.4 Å². The van der Waals surface area contributed by atoms with Gasteiger partial charge in [-0.25, -0.2) is 48.0 Å². The summed E-state index contributed by atoms with van der Waals surface area (Å²) >= 11 is 5.22. The monoisotopic (exact) mass is 1160 g/mol. The number of anilines is 3. The molecule has 10 rings (SSSR count). The summed E-state index contributed by atoms with van der Waals surface area (Å²) < 4.78 is 45.8. The zero-order valence-electron chi connectivity index (χ0n) is 46.7. The number of fused-ring (bicyclic) bond motifs is 2. The Labute approximate surface area is 477 Å². The second-order valence-corrected chi connectivity index (χ2v) is 25.8. The number of carbonyl (C=O) groups excluding carboxylic acids is 2. The predicted molar refractivity (Wildman–Crippen MR) is 303 cm³/mol. The number of benzene rings is 2. The van der Waals surface area contributed by atoms with Crippen LogP contribution in [-0.2, 0) is 30.4 Å². The first-order valence-corrected chi connectivity index (χ1v) is 29.4. The van der Waals surface area contributed by atoms with E-state index in [0.29, 0.717) is 89.4 Å². The van der Waals surface area contributed by atoms with Crippen LogP contribution in [0.25, 0.3) is 23.0 Å². The van der Waals surface area contributed by atoms with Gasteiger partial charge < -0.3 is 39.9 Å². The molecule has 0 saturated heterocycles. The van der Waals surface area contributed by atoms with Crippen LogP contribution in [0.5, 0.6) is 11.5 Å². The molecule has 2 atom stereocenters. The molecule has 2 aliphatic rings. The maximum atomic E-state index is 13.3. The van der Waals surface area contributed by atoms with E-state index in [9.17, 15) is 23.5 Å². The summed E-state index contributed by atoms with van der Waals surface area (Å²) in [4.78, 5) is 52.4. The van der Waals surface area contributed by atoms with Crippen molar-refractivity contribution >= 4 is 49.3 Å². The molecule has 0 spiro atoms. The smallest absolute Gasteiger partial charge is 0.260 e. The van der Waals surface area contributed by atoms with E-state index in [0.717, 1.165) is 61.0 Å². The summed E-state index contributed by atoms with van der Waals surface area (Å²) in [6, 6.07) is 17.5. The van der Waals surface area contributed by atoms with Gasteiger partial charge in [-0.15, -0.1) is 10.2 Å². The molecule has 2 aromatic carbocycles. The lowest BCUT2D eigenvalue weighted by Gasteiger charge is -2.36. The first kappa shape index (κ1) is 59.7. The zero-order chi connectivity index (χ0) is 58.7. The lowest BCUT2D eigenvalue weighted by atomic mass is 9.96. The van der Waals surface area contributed by atoms with E-state index in [1.54, 1.807) is 49.0 Å². The molecule has 6 aromatic heterocycles. The summed E-state index contributed by atoms with van der Waals surface area (Å²) in [5.41, 5.74) is 6.09. The number of nitrogens with one attached hydrogen (secondary N) is 3. The summed E-state index contributed by atoms with van der Waals surface area (Å²) in [6.45, 7) is 18.0. The number of hydrogen-bond acceptors (Lipinski definition) is 20. The number of rotatable bonds is 15. The number of halogens is 3. The number of amides is 2. The number of aliphatic hydroxyl groups is 1. The molecule has 8 aromatic rings. The Bertz CT molecular complexity index is 3480. The fourth-order valence-corrected chi connectivity index (χ4v) is 9.55. The highest BCUT2D eigenvalue weighted by molar-refractivity contribution is 6.74. The molecule has 8 heterocycles. The predicted octanol–water partition coefficient (Wildman–Crippen LogP) is 7.53. The van der Waals surface area contributed by atoms with Crippen LogP contribution in [0.1, 0.15) is 89.7 Å². The second-order valence-electron chi connectivity index (χ2n) is 20.7. The van der Waals surface area contributed by atoms with E-state index < -0.39 is 25.9 Å². The largest absolute Gasteiger partial charge is 0.496 e. The molecule has 4 N–H and O–H groups in total. The molecule has 0 unspecified atom stereocenters. The van der Waals surface area contributed by atoms with Crippen LogP contribution < -0.4 is 30.3 Å². The van der Waals surface area contributed by atoms with Crippen molar-refractivity contribution in [1.82, 2.24) is 75.6 Å². The van der Waals surface area contributed by atoms with E-state index in [1.807, 2.05) is 42.2 Å². The van der Waals surface area contributed by atoms with Gasteiger partial charge in [-0.1, -0.05) is 32.9 Å². The standard InChI is InChI=1S/C26H37N7O3Si.C24H24FN9O3.C4H2ClFN2/c1-17(16-36-37(6,7)26(2,3)4)33-24(30-31-32-33)21-9-8-10-23(28-21)29-25(34)20-13-19-15-27-12-11-18(19)14-22(20)35-5;1-14(13-35)34-22(30-31-32-34)19-4-3-5-21(28-19)29-23(36)18-8-16-12-33(24-26-10-17(25)11-27-24)7-6-15(16)9-20(18)37-2;5-4-7-1-3(6)2-8-4/h8-10,13-14,17,27H,11-12,15-16H2,1-7H3,(H,28,29,34);3-5,8-11,14,35H,6-7,12-13H2,1-2H3,(H,28,29,36);1-2H/t17-;14-;/m11./s1. The van der Waals surface area contributed by atoms with Crippen LogP contribution in [0, 0.1) is 11.6 Å². The van der Waals surface area contributed by atoms with Gasteiger partial charge in [0.1, 0.15) is 34.5 Å². The van der Waals surface area contributed by atoms with Crippen molar-refractivity contribution in [3.63, 3.8) is 0 Å². The number of methoxy groups -OCH3 is 2. The maximum Gasteiger partial charge on any atom is 0.260 e. The first-order chi connectivity index (χ1) is 39.2. The van der Waals surface area contributed by atoms with Gasteiger partial charge in [0, 0.05) is 19.6 Å². The van der Waals surface area contributed by atoms with Crippen LogP contribution in [0.15, 0.2) is 85.5 Å². The minimum absolute atomic E-state index is 0.0615. The maximum absolute atomic E-state index is 13.3. The van der Waals surface area contributed by atoms with Crippen LogP contribution in [-0.4, -0.2) is 136 Å². The molecule has 0 radical (unpaired) electrons. The lowest BCUT2D eigenvalue weighted by Crippen LogP contribution is -2.42. The number of ether oxygens (including phenoxy) is 2. The molecular weight excluding hydrogens is 1100 g/mol. The summed E-state index contributed by atoms with van der Waals surface area (Å²) in [7, 11) is 1.18. The number of tetrazole rings is 2. The van der Waals surface area contributed by atoms with E-state index in [-0.39, 0.29) is 34.9 Å². The van der Waals surface area contributed by atoms with Gasteiger partial charge in [0.05, 0.1) is 75.4 Å². The molecule has 0 fully saturated rings. The molecule has 2 amide bonds. The Morgan fingerprint density at radius 2 is 1.26 bits per heavy atom. The van der Waals surface area contributed by atoms with Crippen molar-refractivity contribution in [2.24, 2.45) is 0 Å². The average Bonchev–Trinajstić information content (AvgIpc) is 4.16. The van der Waals surface area contributed by atoms with Gasteiger partial charge >= 0.3 is 0 Å². The van der Waals surface area contributed by atoms with Crippen molar-refractivity contribution in [2.75, 3.05) is 56.1 Å². The molecule has 0 aliphatic carbocycles. The summed E-state index contributed by atoms with van der Waals surface area (Å²) in [5, 5.41) is 42.6. The molecule has 2 aliphatic heterocycles. The van der Waals surface area contributed by atoms with Crippen molar-refractivity contribution in [3.8, 4) is 34.5 Å². The fourth-order valence-electron chi connectivity index (χ4n) is 8.36. The van der Waals surface area contributed by atoms with Gasteiger partial charge in [0.25, 0.3) is 11.8 Å². The van der Waals surface area contributed by atoms with E-state index in [2.05, 4.69) is 111 Å². The molecule has 0 bridgehead atoms. The van der Waals surface area contributed by atoms with E-state index in [4.69, 9.17) is 25.5 Å². The van der Waals surface area contributed by atoms with Crippen LogP contribution in [0.4, 0.5) is 26.4 Å². The highest BCUT2D eigenvalue weighted by Crippen LogP contribution is 2.37. The average molecular weight is 1160 g/mol. The molecular formula is C54H63ClF2N18O6Si. The topological polar surface area (TPSA) is 286 Å². The Kier molecular flexibility index (Phi) is 19.3. The zero-order valence-corrected chi connectivity index (χ0v) is 48.5. The van der Waals surface area contributed by atoms with Gasteiger partial charge in [0.2, 0.25) is 22.9 Å². The van der Waals surface area contributed by atoms with Gasteiger partial charge in [-0.2, -0.15) is 0 Å². The molecule has 430 valence electrons. The second kappa shape index (κ2) is 26.5. The highest BCUT2D eigenvalue weighted by atomic mass is 35.5. The number of pyridine rings is 2. The summed E-state index contributed by atoms with van der Waals surface area (Å²) in [6.07, 6.45) is 5.89. The third-order valence-corrected chi connectivity index (χ3v) is 18.6. The molecule has 0 saturated carbocycles. The van der Waals surface area contributed by atoms with E-state index >= 15 is 0 Å². The number of aliphatic hydroxyl groups excluding tert-OH is 1. The first-order valence-electron chi connectivity index (χ1n) is 26.1. The van der Waals surface area contributed by atoms with Gasteiger partial charge in [0.15, 0.2) is 20.0 Å². The van der Waals surface area contributed by atoms with Crippen molar-refractivity contribution < 1.29 is 37.4 Å². The highest BCUT2D eigenvalue weighted by Gasteiger charge is 2.38. The van der Waals surface area contributed by atoms with E-state index in [1.165, 1.54) is 17.4 Å². The third-order valence-electron chi connectivity index (χ3n) is 13.9. The quantitative estimate of drug-likeness (QED) is 0.0569. The summed E-state index contributed by atoms with van der Waals surface area (Å²) in [5.74, 6) is 1.34. The number of aromatic nitrogens is 14. The van der Waals surface area contributed by atoms with Gasteiger partial charge in [-0.05, 0) is 155 Å². The lowest BCUT2D eigenvalue weighted by molar-refractivity contribution is 0.101. The van der Waals surface area contributed by atoms with Crippen molar-refractivity contribution in [3.05, 3.63) is 136 Å².